The number of ether oxygens (including phenoxy) is 1. The lowest BCUT2D eigenvalue weighted by Gasteiger charge is -2.30. The van der Waals surface area contributed by atoms with E-state index in [1.807, 2.05) is 16.3 Å². The van der Waals surface area contributed by atoms with Crippen LogP contribution in [0.2, 0.25) is 0 Å². The Morgan fingerprint density at radius 1 is 1.26 bits per heavy atom. The summed E-state index contributed by atoms with van der Waals surface area (Å²) >= 11 is 1.47. The molecule has 2 aromatic rings. The third-order valence-corrected chi connectivity index (χ3v) is 6.31. The third kappa shape index (κ3) is 4.55. The Balaban J connectivity index is 1.48. The number of amides is 1. The first kappa shape index (κ1) is 18.6. The molecule has 1 unspecified atom stereocenters. The molecule has 2 heterocycles. The first-order chi connectivity index (χ1) is 13.2. The standard InChI is InChI=1S/C21H25FN2O2S/c22-16-6-3-5-15(11-16)12-20-23-19(14-27-20)21(25)24(17-7-1-2-8-17)13-18-9-4-10-26-18/h3,5-6,11,14,17-18H,1-2,4,7-10,12-13H2. The lowest BCUT2D eigenvalue weighted by molar-refractivity contribution is 0.0417. The molecule has 0 bridgehead atoms. The SMILES string of the molecule is O=C(c1csc(Cc2cccc(F)c2)n1)N(CC1CCCO1)C1CCCC1. The fourth-order valence-electron chi connectivity index (χ4n) is 4.08. The fraction of sp³-hybridized carbons (Fsp3) is 0.524. The third-order valence-electron chi connectivity index (χ3n) is 5.47. The Hall–Kier alpha value is -1.79. The van der Waals surface area contributed by atoms with Gasteiger partial charge in [0.15, 0.2) is 0 Å². The Morgan fingerprint density at radius 2 is 2.11 bits per heavy atom. The topological polar surface area (TPSA) is 42.4 Å². The van der Waals surface area contributed by atoms with Gasteiger partial charge in [-0.1, -0.05) is 25.0 Å². The van der Waals surface area contributed by atoms with Gasteiger partial charge in [-0.3, -0.25) is 4.79 Å². The molecule has 1 saturated carbocycles. The summed E-state index contributed by atoms with van der Waals surface area (Å²) in [5.41, 5.74) is 1.38. The van der Waals surface area contributed by atoms with E-state index in [0.29, 0.717) is 24.7 Å². The second-order valence-corrected chi connectivity index (χ2v) is 8.41. The average molecular weight is 389 g/mol. The van der Waals surface area contributed by atoms with Crippen molar-refractivity contribution < 1.29 is 13.9 Å². The number of carbonyl (C=O) groups is 1. The van der Waals surface area contributed by atoms with Crippen LogP contribution in [0, 0.1) is 5.82 Å². The minimum Gasteiger partial charge on any atom is -0.376 e. The van der Waals surface area contributed by atoms with Crippen molar-refractivity contribution in [3.05, 3.63) is 51.7 Å². The van der Waals surface area contributed by atoms with Gasteiger partial charge in [-0.15, -0.1) is 11.3 Å². The highest BCUT2D eigenvalue weighted by molar-refractivity contribution is 7.09. The molecular weight excluding hydrogens is 363 g/mol. The van der Waals surface area contributed by atoms with E-state index in [1.54, 1.807) is 6.07 Å². The fourth-order valence-corrected chi connectivity index (χ4v) is 4.88. The lowest BCUT2D eigenvalue weighted by Crippen LogP contribution is -2.43. The maximum Gasteiger partial charge on any atom is 0.273 e. The van der Waals surface area contributed by atoms with Crippen LogP contribution in [0.3, 0.4) is 0 Å². The quantitative estimate of drug-likeness (QED) is 0.735. The molecule has 0 radical (unpaired) electrons. The zero-order valence-electron chi connectivity index (χ0n) is 15.4. The van der Waals surface area contributed by atoms with E-state index in [-0.39, 0.29) is 17.8 Å². The van der Waals surface area contributed by atoms with E-state index < -0.39 is 0 Å². The normalized spacial score (nSPS) is 20.3. The van der Waals surface area contributed by atoms with Gasteiger partial charge in [0.25, 0.3) is 5.91 Å². The molecule has 1 atom stereocenters. The minimum absolute atomic E-state index is 0.0131. The molecule has 6 heteroatoms. The van der Waals surface area contributed by atoms with Gasteiger partial charge in [-0.2, -0.15) is 0 Å². The number of hydrogen-bond donors (Lipinski definition) is 0. The van der Waals surface area contributed by atoms with E-state index in [4.69, 9.17) is 4.74 Å². The van der Waals surface area contributed by atoms with Gasteiger partial charge in [0.2, 0.25) is 0 Å². The van der Waals surface area contributed by atoms with E-state index in [2.05, 4.69) is 4.98 Å². The van der Waals surface area contributed by atoms with Crippen LogP contribution in [0.15, 0.2) is 29.6 Å². The molecule has 27 heavy (non-hydrogen) atoms. The van der Waals surface area contributed by atoms with Crippen molar-refractivity contribution in [3.63, 3.8) is 0 Å². The van der Waals surface area contributed by atoms with Crippen LogP contribution in [0.4, 0.5) is 4.39 Å². The second-order valence-electron chi connectivity index (χ2n) is 7.46. The van der Waals surface area contributed by atoms with Crippen molar-refractivity contribution in [2.75, 3.05) is 13.2 Å². The van der Waals surface area contributed by atoms with Crippen LogP contribution in [0.25, 0.3) is 0 Å². The van der Waals surface area contributed by atoms with Gasteiger partial charge >= 0.3 is 0 Å². The van der Waals surface area contributed by atoms with Crippen LogP contribution >= 0.6 is 11.3 Å². The molecule has 2 aliphatic rings. The van der Waals surface area contributed by atoms with Crippen molar-refractivity contribution in [2.24, 2.45) is 0 Å². The minimum atomic E-state index is -0.246. The molecule has 1 aromatic carbocycles. The van der Waals surface area contributed by atoms with E-state index >= 15 is 0 Å². The number of aromatic nitrogens is 1. The highest BCUT2D eigenvalue weighted by Gasteiger charge is 2.31. The van der Waals surface area contributed by atoms with Crippen LogP contribution in [0.5, 0.6) is 0 Å². The monoisotopic (exact) mass is 388 g/mol. The molecule has 4 nitrogen and oxygen atoms in total. The number of nitrogens with zero attached hydrogens (tertiary/aromatic N) is 2. The van der Waals surface area contributed by atoms with E-state index in [9.17, 15) is 9.18 Å². The zero-order valence-corrected chi connectivity index (χ0v) is 16.2. The molecule has 1 aliphatic heterocycles. The molecule has 1 aromatic heterocycles. The Bertz CT molecular complexity index is 782. The maximum absolute atomic E-state index is 13.4. The molecule has 0 spiro atoms. The second kappa shape index (κ2) is 8.48. The van der Waals surface area contributed by atoms with E-state index in [1.165, 1.54) is 36.3 Å². The maximum atomic E-state index is 13.4. The predicted octanol–water partition coefficient (Wildman–Crippen LogP) is 4.44. The summed E-state index contributed by atoms with van der Waals surface area (Å²) in [6.07, 6.45) is 7.30. The van der Waals surface area contributed by atoms with Crippen LogP contribution in [-0.2, 0) is 11.2 Å². The van der Waals surface area contributed by atoms with Crippen LogP contribution < -0.4 is 0 Å². The van der Waals surface area contributed by atoms with Gasteiger partial charge in [-0.05, 0) is 43.4 Å². The Labute approximate surface area is 163 Å². The first-order valence-corrected chi connectivity index (χ1v) is 10.7. The number of benzene rings is 1. The molecular formula is C21H25FN2O2S. The molecule has 1 amide bonds. The van der Waals surface area contributed by atoms with Gasteiger partial charge in [0.05, 0.1) is 11.1 Å². The van der Waals surface area contributed by atoms with Gasteiger partial charge in [0.1, 0.15) is 11.5 Å². The van der Waals surface area contributed by atoms with E-state index in [0.717, 1.165) is 42.9 Å². The Kier molecular flexibility index (Phi) is 5.83. The highest BCUT2D eigenvalue weighted by Crippen LogP contribution is 2.27. The number of carbonyl (C=O) groups excluding carboxylic acids is 1. The smallest absolute Gasteiger partial charge is 0.273 e. The summed E-state index contributed by atoms with van der Waals surface area (Å²) in [6.45, 7) is 1.46. The van der Waals surface area contributed by atoms with Crippen LogP contribution in [-0.4, -0.2) is 41.1 Å². The summed E-state index contributed by atoms with van der Waals surface area (Å²) in [4.78, 5) is 19.8. The number of thiazole rings is 1. The molecule has 1 saturated heterocycles. The predicted molar refractivity (Wildman–Crippen MR) is 104 cm³/mol. The molecule has 144 valence electrons. The van der Waals surface area contributed by atoms with Gasteiger partial charge < -0.3 is 9.64 Å². The summed E-state index contributed by atoms with van der Waals surface area (Å²) in [5.74, 6) is -0.233. The van der Waals surface area contributed by atoms with Crippen molar-refractivity contribution in [1.82, 2.24) is 9.88 Å². The van der Waals surface area contributed by atoms with Crippen molar-refractivity contribution >= 4 is 17.2 Å². The van der Waals surface area contributed by atoms with Crippen molar-refractivity contribution in [1.29, 1.82) is 0 Å². The molecule has 2 fully saturated rings. The van der Waals surface area contributed by atoms with Crippen molar-refractivity contribution in [2.45, 2.75) is 57.1 Å². The van der Waals surface area contributed by atoms with Crippen molar-refractivity contribution in [3.8, 4) is 0 Å². The van der Waals surface area contributed by atoms with Crippen LogP contribution in [0.1, 0.15) is 59.6 Å². The number of rotatable bonds is 6. The molecule has 1 aliphatic carbocycles. The lowest BCUT2D eigenvalue weighted by atomic mass is 10.1. The summed E-state index contributed by atoms with van der Waals surface area (Å²) in [5, 5.41) is 2.68. The first-order valence-electron chi connectivity index (χ1n) is 9.80. The van der Waals surface area contributed by atoms with Gasteiger partial charge in [0, 0.05) is 31.0 Å². The summed E-state index contributed by atoms with van der Waals surface area (Å²) in [7, 11) is 0. The highest BCUT2D eigenvalue weighted by atomic mass is 32.1. The Morgan fingerprint density at radius 3 is 2.85 bits per heavy atom. The van der Waals surface area contributed by atoms with Gasteiger partial charge in [-0.25, -0.2) is 9.37 Å². The largest absolute Gasteiger partial charge is 0.376 e. The summed E-state index contributed by atoms with van der Waals surface area (Å²) in [6, 6.07) is 6.84. The number of hydrogen-bond acceptors (Lipinski definition) is 4. The molecule has 4 rings (SSSR count). The summed E-state index contributed by atoms with van der Waals surface area (Å²) < 4.78 is 19.2. The zero-order chi connectivity index (χ0) is 18.6. The average Bonchev–Trinajstić information content (AvgIpc) is 3.41. The number of halogens is 1. The molecule has 0 N–H and O–H groups in total.